The minimum Gasteiger partial charge on any atom is -0.466 e. The maximum atomic E-state index is 6.26. The molecule has 2 aliphatic heterocycles. The maximum Gasteiger partial charge on any atom is 0.109 e. The molecule has 4 rings (SSSR count). The molecule has 4 aliphatic rings. The van der Waals surface area contributed by atoms with Gasteiger partial charge in [0.15, 0.2) is 0 Å². The zero-order chi connectivity index (χ0) is 29.2. The van der Waals surface area contributed by atoms with E-state index in [9.17, 15) is 0 Å². The Morgan fingerprint density at radius 3 is 1.45 bits per heavy atom. The largest absolute Gasteiger partial charge is 0.466 e. The van der Waals surface area contributed by atoms with Gasteiger partial charge in [-0.1, -0.05) is 74.0 Å². The summed E-state index contributed by atoms with van der Waals surface area (Å²) in [6.07, 6.45) is 16.1. The quantitative estimate of drug-likeness (QED) is 0.200. The number of allylic oxidation sites excluding steroid dienone is 10. The molecule has 0 aromatic carbocycles. The van der Waals surface area contributed by atoms with Gasteiger partial charge in [-0.2, -0.15) is 0 Å². The highest BCUT2D eigenvalue weighted by atomic mass is 17.2. The molecule has 0 radical (unpaired) electrons. The lowest BCUT2D eigenvalue weighted by Crippen LogP contribution is -2.44. The van der Waals surface area contributed by atoms with Gasteiger partial charge in [-0.05, 0) is 48.3 Å². The molecule has 0 aromatic rings. The first kappa shape index (κ1) is 30.8. The fourth-order valence-electron chi connectivity index (χ4n) is 6.35. The van der Waals surface area contributed by atoms with E-state index in [1.807, 2.05) is 0 Å². The third-order valence-electron chi connectivity index (χ3n) is 8.75. The van der Waals surface area contributed by atoms with Gasteiger partial charge >= 0.3 is 0 Å². The molecule has 0 bridgehead atoms. The van der Waals surface area contributed by atoms with Crippen LogP contribution in [-0.2, 0) is 29.0 Å². The summed E-state index contributed by atoms with van der Waals surface area (Å²) in [6.45, 7) is 17.3. The van der Waals surface area contributed by atoms with Crippen molar-refractivity contribution < 1.29 is 29.0 Å². The van der Waals surface area contributed by atoms with E-state index in [1.165, 1.54) is 0 Å². The highest BCUT2D eigenvalue weighted by Gasteiger charge is 2.63. The van der Waals surface area contributed by atoms with Crippen LogP contribution in [0.5, 0.6) is 0 Å². The lowest BCUT2D eigenvalue weighted by molar-refractivity contribution is -0.341. The molecule has 4 unspecified atom stereocenters. The molecule has 40 heavy (non-hydrogen) atoms. The lowest BCUT2D eigenvalue weighted by atomic mass is 9.60. The van der Waals surface area contributed by atoms with Gasteiger partial charge in [-0.3, -0.25) is 0 Å². The lowest BCUT2D eigenvalue weighted by Gasteiger charge is -2.46. The molecule has 6 heteroatoms. The van der Waals surface area contributed by atoms with Crippen molar-refractivity contribution in [3.8, 4) is 0 Å². The summed E-state index contributed by atoms with van der Waals surface area (Å²) in [7, 11) is 3.20. The zero-order valence-electron chi connectivity index (χ0n) is 26.2. The Bertz CT molecular complexity index is 1040. The van der Waals surface area contributed by atoms with Crippen LogP contribution in [0.3, 0.4) is 0 Å². The minimum absolute atomic E-state index is 0.0626. The molecular formula is C34H50O6. The molecule has 2 saturated carbocycles. The van der Waals surface area contributed by atoms with Gasteiger partial charge in [0.25, 0.3) is 0 Å². The van der Waals surface area contributed by atoms with Crippen LogP contribution >= 0.6 is 0 Å². The summed E-state index contributed by atoms with van der Waals surface area (Å²) < 4.78 is 12.5. The van der Waals surface area contributed by atoms with Crippen molar-refractivity contribution >= 4 is 0 Å². The van der Waals surface area contributed by atoms with E-state index in [0.29, 0.717) is 0 Å². The Kier molecular flexibility index (Phi) is 9.87. The highest BCUT2D eigenvalue weighted by Crippen LogP contribution is 2.62. The molecule has 0 saturated heterocycles. The molecule has 6 nitrogen and oxygen atoms in total. The predicted molar refractivity (Wildman–Crippen MR) is 157 cm³/mol. The molecule has 0 N–H and O–H groups in total. The van der Waals surface area contributed by atoms with Crippen molar-refractivity contribution in [1.29, 1.82) is 0 Å². The van der Waals surface area contributed by atoms with Crippen LogP contribution in [0.15, 0.2) is 70.6 Å². The van der Waals surface area contributed by atoms with Crippen molar-refractivity contribution in [1.82, 2.24) is 0 Å². The van der Waals surface area contributed by atoms with Gasteiger partial charge in [0, 0.05) is 40.9 Å². The molecule has 222 valence electrons. The third kappa shape index (κ3) is 6.20. The minimum atomic E-state index is -0.255. The van der Waals surface area contributed by atoms with Gasteiger partial charge in [0.2, 0.25) is 0 Å². The molecule has 2 fully saturated rings. The summed E-state index contributed by atoms with van der Waals surface area (Å²) in [6, 6.07) is 0. The Morgan fingerprint density at radius 2 is 1.10 bits per heavy atom. The van der Waals surface area contributed by atoms with Gasteiger partial charge in [-0.25, -0.2) is 19.6 Å². The summed E-state index contributed by atoms with van der Waals surface area (Å²) in [4.78, 5) is 23.1. The van der Waals surface area contributed by atoms with E-state index in [2.05, 4.69) is 91.8 Å². The normalized spacial score (nSPS) is 27.9. The Labute approximate surface area is 241 Å². The van der Waals surface area contributed by atoms with Crippen molar-refractivity contribution in [2.24, 2.45) is 40.9 Å². The van der Waals surface area contributed by atoms with Gasteiger partial charge in [0.1, 0.15) is 35.2 Å². The molecule has 2 aliphatic carbocycles. The fraction of sp³-hybridized carbons (Fsp3) is 0.647. The van der Waals surface area contributed by atoms with Crippen LogP contribution in [0.2, 0.25) is 0 Å². The SMILES string of the molecule is COOC1C(C=C2C=C(C(C)C)OC(C(C)C)=C2)C(OOC)C2(CCC2)C1C=C1C=C(C(C)C)OC(C(C)C)=C1. The van der Waals surface area contributed by atoms with E-state index in [1.54, 1.807) is 14.2 Å². The molecule has 2 heterocycles. The Hall–Kier alpha value is -2.12. The van der Waals surface area contributed by atoms with Crippen molar-refractivity contribution in [2.75, 3.05) is 14.2 Å². The molecule has 4 atom stereocenters. The van der Waals surface area contributed by atoms with Crippen molar-refractivity contribution in [3.05, 3.63) is 70.6 Å². The van der Waals surface area contributed by atoms with Crippen molar-refractivity contribution in [3.63, 3.8) is 0 Å². The fourth-order valence-corrected chi connectivity index (χ4v) is 6.35. The maximum absolute atomic E-state index is 6.26. The van der Waals surface area contributed by atoms with E-state index in [0.717, 1.165) is 53.4 Å². The molecule has 0 amide bonds. The Morgan fingerprint density at radius 1 is 0.675 bits per heavy atom. The first-order valence-corrected chi connectivity index (χ1v) is 15.0. The molecule has 1 spiro atoms. The average Bonchev–Trinajstić information content (AvgIpc) is 3.12. The molecular weight excluding hydrogens is 504 g/mol. The number of ether oxygens (including phenoxy) is 2. The van der Waals surface area contributed by atoms with Gasteiger partial charge in [0.05, 0.1) is 14.2 Å². The summed E-state index contributed by atoms with van der Waals surface area (Å²) in [5, 5.41) is 0. The summed E-state index contributed by atoms with van der Waals surface area (Å²) in [5.74, 6) is 5.03. The standard InChI is InChI=1S/C34H50O6/c1-20(2)28-16-24(17-29(37-28)21(3)4)14-26-32(39-35-9)27(34(12-11-13-34)33(26)40-36-10)15-25-18-30(22(5)6)38-31(19-25)23(7)8/h14-23,26-27,32-33H,11-13H2,1-10H3. The second-order valence-electron chi connectivity index (χ2n) is 12.9. The van der Waals surface area contributed by atoms with Gasteiger partial charge < -0.3 is 9.47 Å². The zero-order valence-corrected chi connectivity index (χ0v) is 26.2. The second kappa shape index (κ2) is 12.8. The topological polar surface area (TPSA) is 55.4 Å². The number of hydrogen-bond acceptors (Lipinski definition) is 6. The summed E-state index contributed by atoms with van der Waals surface area (Å²) in [5.41, 5.74) is 2.14. The summed E-state index contributed by atoms with van der Waals surface area (Å²) >= 11 is 0. The van der Waals surface area contributed by atoms with E-state index >= 15 is 0 Å². The smallest absolute Gasteiger partial charge is 0.109 e. The first-order valence-electron chi connectivity index (χ1n) is 15.0. The second-order valence-corrected chi connectivity index (χ2v) is 12.9. The van der Waals surface area contributed by atoms with Crippen LogP contribution in [-0.4, -0.2) is 26.4 Å². The van der Waals surface area contributed by atoms with Gasteiger partial charge in [-0.15, -0.1) is 0 Å². The average molecular weight is 555 g/mol. The van der Waals surface area contributed by atoms with E-state index in [-0.39, 0.29) is 53.1 Å². The van der Waals surface area contributed by atoms with Crippen molar-refractivity contribution in [2.45, 2.75) is 86.9 Å². The van der Waals surface area contributed by atoms with E-state index < -0.39 is 0 Å². The third-order valence-corrected chi connectivity index (χ3v) is 8.75. The highest BCUT2D eigenvalue weighted by molar-refractivity contribution is 5.42. The first-order chi connectivity index (χ1) is 19.0. The molecule has 0 aromatic heterocycles. The van der Waals surface area contributed by atoms with Crippen LogP contribution in [0, 0.1) is 40.9 Å². The Balaban J connectivity index is 1.83. The number of rotatable bonds is 10. The predicted octanol–water partition coefficient (Wildman–Crippen LogP) is 8.37. The van der Waals surface area contributed by atoms with Crippen LogP contribution < -0.4 is 0 Å². The number of hydrogen-bond donors (Lipinski definition) is 0. The van der Waals surface area contributed by atoms with E-state index in [4.69, 9.17) is 29.0 Å². The van der Waals surface area contributed by atoms with Crippen LogP contribution in [0.4, 0.5) is 0 Å². The van der Waals surface area contributed by atoms with Crippen LogP contribution in [0.1, 0.15) is 74.7 Å². The van der Waals surface area contributed by atoms with Crippen LogP contribution in [0.25, 0.3) is 0 Å². The monoisotopic (exact) mass is 554 g/mol.